The molecule has 0 amide bonds. The van der Waals surface area contributed by atoms with E-state index in [0.717, 1.165) is 49.7 Å². The van der Waals surface area contributed by atoms with Gasteiger partial charge in [-0.25, -0.2) is 8.42 Å². The molecule has 0 unspecified atom stereocenters. The van der Waals surface area contributed by atoms with E-state index in [1.165, 1.54) is 0 Å². The lowest BCUT2D eigenvalue weighted by Gasteiger charge is -2.22. The summed E-state index contributed by atoms with van der Waals surface area (Å²) in [5.41, 5.74) is 2.13. The number of nitrogens with zero attached hydrogens (tertiary/aromatic N) is 1. The maximum Gasteiger partial charge on any atom is 0.243 e. The molecule has 4 heteroatoms. The molecule has 0 spiro atoms. The summed E-state index contributed by atoms with van der Waals surface area (Å²) in [6, 6.07) is 17.3. The Bertz CT molecular complexity index is 729. The van der Waals surface area contributed by atoms with Gasteiger partial charge in [0.1, 0.15) is 0 Å². The van der Waals surface area contributed by atoms with Crippen LogP contribution in [0.4, 0.5) is 0 Å². The molecule has 0 aliphatic heterocycles. The van der Waals surface area contributed by atoms with E-state index in [9.17, 15) is 8.42 Å². The molecule has 3 nitrogen and oxygen atoms in total. The van der Waals surface area contributed by atoms with E-state index in [1.54, 1.807) is 16.4 Å². The van der Waals surface area contributed by atoms with Gasteiger partial charge in [0.15, 0.2) is 0 Å². The number of hydrogen-bond donors (Lipinski definition) is 0. The molecule has 0 bridgehead atoms. The first kappa shape index (κ1) is 20.7. The third kappa shape index (κ3) is 5.68. The molecule has 0 N–H and O–H groups in total. The summed E-state index contributed by atoms with van der Waals surface area (Å²) in [5, 5.41) is 0. The van der Waals surface area contributed by atoms with Crippen molar-refractivity contribution in [2.24, 2.45) is 0 Å². The first-order chi connectivity index (χ1) is 12.6. The zero-order chi connectivity index (χ0) is 18.8. The number of sulfonamides is 1. The van der Waals surface area contributed by atoms with E-state index in [-0.39, 0.29) is 0 Å². The average molecular weight is 374 g/mol. The van der Waals surface area contributed by atoms with Crippen molar-refractivity contribution < 1.29 is 8.42 Å². The van der Waals surface area contributed by atoms with E-state index in [0.29, 0.717) is 18.0 Å². The molecule has 0 saturated carbocycles. The van der Waals surface area contributed by atoms with Crippen LogP contribution in [0, 0.1) is 0 Å². The minimum absolute atomic E-state index is 0.394. The monoisotopic (exact) mass is 373 g/mol. The summed E-state index contributed by atoms with van der Waals surface area (Å²) in [6.45, 7) is 5.50. The SMILES string of the molecule is CCCCCN(CCCCC)S(=O)(=O)c1ccc(-c2ccccc2)cc1. The summed E-state index contributed by atoms with van der Waals surface area (Å²) < 4.78 is 27.9. The third-order valence-electron chi connectivity index (χ3n) is 4.62. The Hall–Kier alpha value is -1.65. The van der Waals surface area contributed by atoms with Crippen LogP contribution in [-0.2, 0) is 10.0 Å². The molecule has 0 radical (unpaired) electrons. The molecular formula is C22H31NO2S. The fraction of sp³-hybridized carbons (Fsp3) is 0.455. The number of hydrogen-bond acceptors (Lipinski definition) is 2. The topological polar surface area (TPSA) is 37.4 Å². The van der Waals surface area contributed by atoms with Crippen LogP contribution in [0.1, 0.15) is 52.4 Å². The molecule has 0 aromatic heterocycles. The van der Waals surface area contributed by atoms with Gasteiger partial charge in [-0.05, 0) is 36.1 Å². The fourth-order valence-electron chi connectivity index (χ4n) is 3.03. The van der Waals surface area contributed by atoms with Gasteiger partial charge in [-0.15, -0.1) is 0 Å². The van der Waals surface area contributed by atoms with Crippen molar-refractivity contribution in [2.45, 2.75) is 57.3 Å². The van der Waals surface area contributed by atoms with Gasteiger partial charge in [-0.1, -0.05) is 82.0 Å². The third-order valence-corrected chi connectivity index (χ3v) is 6.53. The van der Waals surface area contributed by atoms with Crippen LogP contribution < -0.4 is 0 Å². The van der Waals surface area contributed by atoms with Gasteiger partial charge in [-0.3, -0.25) is 0 Å². The van der Waals surface area contributed by atoms with Crippen LogP contribution >= 0.6 is 0 Å². The largest absolute Gasteiger partial charge is 0.243 e. The van der Waals surface area contributed by atoms with Crippen molar-refractivity contribution in [1.82, 2.24) is 4.31 Å². The zero-order valence-electron chi connectivity index (χ0n) is 16.0. The molecule has 0 aliphatic rings. The van der Waals surface area contributed by atoms with E-state index < -0.39 is 10.0 Å². The van der Waals surface area contributed by atoms with Crippen molar-refractivity contribution in [3.63, 3.8) is 0 Å². The molecule has 2 aromatic rings. The standard InChI is InChI=1S/C22H31NO2S/c1-3-5-10-18-23(19-11-6-4-2)26(24,25)22-16-14-21(15-17-22)20-12-8-7-9-13-20/h7-9,12-17H,3-6,10-11,18-19H2,1-2H3. The Morgan fingerprint density at radius 3 is 1.69 bits per heavy atom. The molecular weight excluding hydrogens is 342 g/mol. The molecule has 2 rings (SSSR count). The highest BCUT2D eigenvalue weighted by Crippen LogP contribution is 2.23. The molecule has 142 valence electrons. The minimum atomic E-state index is -3.43. The summed E-state index contributed by atoms with van der Waals surface area (Å²) in [6.07, 6.45) is 6.15. The molecule has 0 aliphatic carbocycles. The highest BCUT2D eigenvalue weighted by molar-refractivity contribution is 7.89. The molecule has 26 heavy (non-hydrogen) atoms. The lowest BCUT2D eigenvalue weighted by molar-refractivity contribution is 0.388. The number of unbranched alkanes of at least 4 members (excludes halogenated alkanes) is 4. The van der Waals surface area contributed by atoms with Gasteiger partial charge in [0, 0.05) is 13.1 Å². The Kier molecular flexibility index (Phi) is 8.33. The van der Waals surface area contributed by atoms with E-state index >= 15 is 0 Å². The zero-order valence-corrected chi connectivity index (χ0v) is 16.8. The highest BCUT2D eigenvalue weighted by Gasteiger charge is 2.23. The average Bonchev–Trinajstić information content (AvgIpc) is 2.68. The van der Waals surface area contributed by atoms with Gasteiger partial charge >= 0.3 is 0 Å². The van der Waals surface area contributed by atoms with E-state index in [4.69, 9.17) is 0 Å². The lowest BCUT2D eigenvalue weighted by Crippen LogP contribution is -2.33. The lowest BCUT2D eigenvalue weighted by atomic mass is 10.1. The second-order valence-corrected chi connectivity index (χ2v) is 8.65. The van der Waals surface area contributed by atoms with Gasteiger partial charge in [-0.2, -0.15) is 4.31 Å². The van der Waals surface area contributed by atoms with Crippen LogP contribution in [0.25, 0.3) is 11.1 Å². The molecule has 2 aromatic carbocycles. The Morgan fingerprint density at radius 2 is 1.19 bits per heavy atom. The van der Waals surface area contributed by atoms with Gasteiger partial charge in [0.2, 0.25) is 10.0 Å². The van der Waals surface area contributed by atoms with Crippen LogP contribution in [0.15, 0.2) is 59.5 Å². The first-order valence-corrected chi connectivity index (χ1v) is 11.2. The second-order valence-electron chi connectivity index (χ2n) is 6.71. The molecule has 0 heterocycles. The van der Waals surface area contributed by atoms with Gasteiger partial charge < -0.3 is 0 Å². The van der Waals surface area contributed by atoms with Gasteiger partial charge in [0.05, 0.1) is 4.90 Å². The number of rotatable bonds is 11. The fourth-order valence-corrected chi connectivity index (χ4v) is 4.54. The molecule has 0 atom stereocenters. The van der Waals surface area contributed by atoms with Crippen LogP contribution in [0.5, 0.6) is 0 Å². The summed E-state index contributed by atoms with van der Waals surface area (Å²) in [4.78, 5) is 0.394. The normalized spacial score (nSPS) is 11.8. The van der Waals surface area contributed by atoms with Crippen LogP contribution in [0.2, 0.25) is 0 Å². The van der Waals surface area contributed by atoms with E-state index in [2.05, 4.69) is 13.8 Å². The highest BCUT2D eigenvalue weighted by atomic mass is 32.2. The smallest absolute Gasteiger partial charge is 0.207 e. The summed E-state index contributed by atoms with van der Waals surface area (Å²) >= 11 is 0. The predicted molar refractivity (Wildman–Crippen MR) is 110 cm³/mol. The van der Waals surface area contributed by atoms with Crippen molar-refractivity contribution in [2.75, 3.05) is 13.1 Å². The van der Waals surface area contributed by atoms with Crippen molar-refractivity contribution >= 4 is 10.0 Å². The minimum Gasteiger partial charge on any atom is -0.207 e. The first-order valence-electron chi connectivity index (χ1n) is 9.75. The number of benzene rings is 2. The quantitative estimate of drug-likeness (QED) is 0.472. The molecule has 0 fully saturated rings. The summed E-state index contributed by atoms with van der Waals surface area (Å²) in [7, 11) is -3.43. The Balaban J connectivity index is 2.17. The summed E-state index contributed by atoms with van der Waals surface area (Å²) in [5.74, 6) is 0. The second kappa shape index (κ2) is 10.5. The Labute approximate surface area is 159 Å². The van der Waals surface area contributed by atoms with E-state index in [1.807, 2.05) is 42.5 Å². The maximum absolute atomic E-state index is 13.1. The maximum atomic E-state index is 13.1. The predicted octanol–water partition coefficient (Wildman–Crippen LogP) is 5.72. The van der Waals surface area contributed by atoms with Crippen molar-refractivity contribution in [3.8, 4) is 11.1 Å². The van der Waals surface area contributed by atoms with Crippen molar-refractivity contribution in [3.05, 3.63) is 54.6 Å². The van der Waals surface area contributed by atoms with Crippen LogP contribution in [0.3, 0.4) is 0 Å². The molecule has 0 saturated heterocycles. The van der Waals surface area contributed by atoms with Crippen LogP contribution in [-0.4, -0.2) is 25.8 Å². The Morgan fingerprint density at radius 1 is 0.692 bits per heavy atom. The van der Waals surface area contributed by atoms with Gasteiger partial charge in [0.25, 0.3) is 0 Å². The van der Waals surface area contributed by atoms with Crippen molar-refractivity contribution in [1.29, 1.82) is 0 Å².